The average Bonchev–Trinajstić information content (AvgIpc) is 3.33. The van der Waals surface area contributed by atoms with Gasteiger partial charge in [0.05, 0.1) is 10.6 Å². The number of nitrogens with zero attached hydrogens (tertiary/aromatic N) is 6. The van der Waals surface area contributed by atoms with Crippen molar-refractivity contribution >= 4 is 47.8 Å². The van der Waals surface area contributed by atoms with Crippen LogP contribution in [0, 0.1) is 22.0 Å². The molecule has 2 bridgehead atoms. The van der Waals surface area contributed by atoms with Crippen molar-refractivity contribution in [3.05, 3.63) is 190 Å². The Morgan fingerprint density at radius 1 is 0.716 bits per heavy atom. The Hall–Kier alpha value is -5.37. The number of benzene rings is 4. The number of rotatable bonds is 6. The smallest absolute Gasteiger partial charge is 1.00 e. The summed E-state index contributed by atoms with van der Waals surface area (Å²) in [5.74, 6) is -0.169. The molecule has 0 saturated carbocycles. The first-order chi connectivity index (χ1) is 33.5. The van der Waals surface area contributed by atoms with Gasteiger partial charge in [-0.2, -0.15) is 35.9 Å². The van der Waals surface area contributed by atoms with E-state index in [2.05, 4.69) is 74.4 Å². The molecule has 5 heterocycles. The van der Waals surface area contributed by atoms with Gasteiger partial charge in [-0.25, -0.2) is 12.8 Å². The maximum absolute atomic E-state index is 13.5. The molecular weight excluding hydrogens is 1120 g/mol. The van der Waals surface area contributed by atoms with Crippen LogP contribution in [0.1, 0.15) is 52.7 Å². The molecular formula is C49H57B2ClF10N6O4PdS. The van der Waals surface area contributed by atoms with Gasteiger partial charge in [0.15, 0.2) is 25.6 Å². The van der Waals surface area contributed by atoms with Crippen molar-refractivity contribution in [2.75, 3.05) is 45.3 Å². The molecule has 3 aliphatic heterocycles. The van der Waals surface area contributed by atoms with Crippen LogP contribution in [-0.4, -0.2) is 92.6 Å². The van der Waals surface area contributed by atoms with Gasteiger partial charge in [0.25, 0.3) is 5.69 Å². The van der Waals surface area contributed by atoms with E-state index in [0.29, 0.717) is 36.9 Å². The number of hydrogen-bond donors (Lipinski definition) is 0. The minimum absolute atomic E-state index is 0. The summed E-state index contributed by atoms with van der Waals surface area (Å²) in [6, 6.07) is 41.1. The second kappa shape index (κ2) is 32.2. The number of hydrogen-bond acceptors (Lipinski definition) is 6. The Balaban J connectivity index is 0.000000921. The molecule has 6 aromatic rings. The van der Waals surface area contributed by atoms with Gasteiger partial charge in [-0.1, -0.05) is 114 Å². The maximum Gasteiger partial charge on any atom is 2.00 e. The Morgan fingerprint density at radius 3 is 1.57 bits per heavy atom. The van der Waals surface area contributed by atoms with Gasteiger partial charge in [0, 0.05) is 24.7 Å². The predicted octanol–water partition coefficient (Wildman–Crippen LogP) is 10.9. The number of nitro groups is 1. The molecule has 0 N–H and O–H groups in total. The number of pyridine rings is 2. The van der Waals surface area contributed by atoms with Crippen molar-refractivity contribution in [1.82, 2.24) is 9.97 Å². The summed E-state index contributed by atoms with van der Waals surface area (Å²) >= 11 is 5.85. The van der Waals surface area contributed by atoms with Crippen LogP contribution in [0.5, 0.6) is 0 Å². The number of aromatic nitrogens is 2. The van der Waals surface area contributed by atoms with Crippen LogP contribution in [0.25, 0.3) is 16.0 Å². The molecule has 4 aromatic carbocycles. The van der Waals surface area contributed by atoms with Crippen molar-refractivity contribution < 1.29 is 86.7 Å². The fraction of sp³-hybridized carbons (Fsp3) is 0.306. The van der Waals surface area contributed by atoms with E-state index in [0.717, 1.165) is 30.2 Å². The average molecular weight is 1180 g/mol. The summed E-state index contributed by atoms with van der Waals surface area (Å²) in [5, 5.41) is 11.1. The van der Waals surface area contributed by atoms with Crippen molar-refractivity contribution in [3.8, 4) is 11.3 Å². The van der Waals surface area contributed by atoms with Crippen LogP contribution in [0.15, 0.2) is 157 Å². The third-order valence-corrected chi connectivity index (χ3v) is 12.3. The van der Waals surface area contributed by atoms with Crippen molar-refractivity contribution in [2.24, 2.45) is 0 Å². The van der Waals surface area contributed by atoms with Crippen molar-refractivity contribution in [3.63, 3.8) is 0 Å². The number of piperazine rings is 3. The van der Waals surface area contributed by atoms with Crippen LogP contribution in [0.3, 0.4) is 0 Å². The number of quaternary nitrogens is 2. The zero-order valence-electron chi connectivity index (χ0n) is 41.2. The Morgan fingerprint density at radius 2 is 1.16 bits per heavy atom. The Kier molecular flexibility index (Phi) is 29.8. The second-order valence-corrected chi connectivity index (χ2v) is 19.7. The van der Waals surface area contributed by atoms with Crippen LogP contribution >= 0.6 is 11.6 Å². The third kappa shape index (κ3) is 26.7. The van der Waals surface area contributed by atoms with Crippen molar-refractivity contribution in [1.29, 1.82) is 0 Å². The van der Waals surface area contributed by atoms with Gasteiger partial charge in [-0.05, 0) is 68.9 Å². The molecule has 9 rings (SSSR count). The van der Waals surface area contributed by atoms with Gasteiger partial charge in [0.1, 0.15) is 40.4 Å². The second-order valence-electron chi connectivity index (χ2n) is 17.9. The minimum Gasteiger partial charge on any atom is -1.00 e. The quantitative estimate of drug-likeness (QED) is 0.0189. The summed E-state index contributed by atoms with van der Waals surface area (Å²) in [6.07, 6.45) is 5.09. The van der Waals surface area contributed by atoms with Gasteiger partial charge in [0.2, 0.25) is 0 Å². The summed E-state index contributed by atoms with van der Waals surface area (Å²) in [7, 11) is -13.9. The van der Waals surface area contributed by atoms with E-state index in [9.17, 15) is 57.6 Å². The monoisotopic (exact) mass is 1180 g/mol. The maximum atomic E-state index is 13.5. The molecule has 0 radical (unpaired) electrons. The van der Waals surface area contributed by atoms with Gasteiger partial charge >= 0.3 is 35.2 Å². The predicted molar refractivity (Wildman–Crippen MR) is 267 cm³/mol. The first-order valence-corrected chi connectivity index (χ1v) is 24.0. The molecule has 0 unspecified atom stereocenters. The molecule has 10 nitrogen and oxygen atoms in total. The standard InChI is InChI=1S/C17H12N3O4S.C10H13F.C10H13.C7H14ClFN2.C5H5N.BF4.BF3.FH.Pd/c21-20(22)16-10-3-4-11-17(16)25(23,24)19-15-9-2-1-7-13(15)14-8-5-6-12-18-14;1-10(2,3)8-4-6-9(11)7-5-8;1-10(2,3)9-7-5-4-6-8-9;8-7-10-1-4-11(9,5-2-10)6-3-10;1-2-4-6-5-3-1;2-1(3,4)5;2-1(3)4;;/h1-12H;4-7H,1-3H3;5-8H,1-3H3;1-7H2;1-5H;;;1H;/q-1;;-1;+2;;-1;;;+2/p-1. The summed E-state index contributed by atoms with van der Waals surface area (Å²) in [5.41, 5.74) is 3.65. The van der Waals surface area contributed by atoms with E-state index < -0.39 is 40.3 Å². The number of alkyl halides is 1. The summed E-state index contributed by atoms with van der Waals surface area (Å²) in [4.78, 5) is 17.9. The number of fused-ring (bicyclic) bond motifs is 3. The normalized spacial score (nSPS) is 16.2. The molecule has 406 valence electrons. The number of sulfonamides is 1. The number of para-hydroxylation sites is 1. The molecule has 3 saturated heterocycles. The summed E-state index contributed by atoms with van der Waals surface area (Å²) < 4.78 is 124. The van der Waals surface area contributed by atoms with Crippen LogP contribution in [0.4, 0.5) is 50.5 Å². The van der Waals surface area contributed by atoms with Gasteiger partial charge in [-0.3, -0.25) is 37.5 Å². The Labute approximate surface area is 446 Å². The fourth-order valence-corrected chi connectivity index (χ4v) is 8.00. The van der Waals surface area contributed by atoms with Gasteiger partial charge in [-0.15, -0.1) is 10.4 Å². The van der Waals surface area contributed by atoms with E-state index in [1.54, 1.807) is 55.0 Å². The molecule has 25 heteroatoms. The zero-order chi connectivity index (χ0) is 54.2. The third-order valence-electron chi connectivity index (χ3n) is 10.4. The molecule has 2 aromatic heterocycles. The molecule has 74 heavy (non-hydrogen) atoms. The van der Waals surface area contributed by atoms with Crippen LogP contribution in [-0.2, 0) is 41.3 Å². The number of nitro benzene ring substituents is 1. The van der Waals surface area contributed by atoms with E-state index in [1.165, 1.54) is 47.5 Å². The summed E-state index contributed by atoms with van der Waals surface area (Å²) in [6.45, 7) is 17.8. The molecule has 0 spiro atoms. The molecule has 3 fully saturated rings. The van der Waals surface area contributed by atoms with Crippen LogP contribution in [0.2, 0.25) is 0 Å². The van der Waals surface area contributed by atoms with E-state index >= 15 is 0 Å². The van der Waals surface area contributed by atoms with Gasteiger partial charge < -0.3 is 26.7 Å². The minimum atomic E-state index is -6.00. The van der Waals surface area contributed by atoms with Crippen LogP contribution < -0.4 is 4.70 Å². The fourth-order valence-electron chi connectivity index (χ4n) is 6.47. The Bertz CT molecular complexity index is 2560. The van der Waals surface area contributed by atoms with E-state index in [4.69, 9.17) is 11.6 Å². The van der Waals surface area contributed by atoms with Crippen molar-refractivity contribution in [2.45, 2.75) is 57.3 Å². The molecule has 0 aliphatic carbocycles. The molecule has 3 aliphatic rings. The first-order valence-electron chi connectivity index (χ1n) is 22.1. The topological polar surface area (TPSA) is 117 Å². The molecule has 0 atom stereocenters. The number of halogens is 11. The first kappa shape index (κ1) is 68.6. The SMILES string of the molecule is CC(C)(C)c1cc[c-]cc1.CC(C)(C)c1ccc(F)cc1.FB(F)F.F[B-](F)(F)F.F[N+]12CC[N+](CCl)(CC1)CC2.O=[N+]([O-])c1ccccc1S(=O)(=O)[N-]c1ccccc1-c1ccccn1.[F-].[Pd+2].c1ccncc1. The molecule has 0 amide bonds. The zero-order valence-corrected chi connectivity index (χ0v) is 44.4. The largest absolute Gasteiger partial charge is 2.00 e. The van der Waals surface area contributed by atoms with E-state index in [-0.39, 0.29) is 52.2 Å². The van der Waals surface area contributed by atoms with E-state index in [1.807, 2.05) is 42.5 Å².